The molecule has 0 heterocycles. The molecule has 15 aliphatic carbocycles. The summed E-state index contributed by atoms with van der Waals surface area (Å²) in [6, 6.07) is 0. The van der Waals surface area contributed by atoms with E-state index in [1.54, 1.807) is 189 Å². The number of rotatable bonds is 81. The minimum absolute atomic E-state index is 0.354. The van der Waals surface area contributed by atoms with E-state index in [2.05, 4.69) is 41.5 Å². The fraction of sp³-hybridized carbons (Fsp3) is 0.957. The third kappa shape index (κ3) is 52.5. The second kappa shape index (κ2) is 72.6. The number of hydrogen-bond donors (Lipinski definition) is 1. The first-order valence-corrected chi connectivity index (χ1v) is 67.2. The van der Waals surface area contributed by atoms with Gasteiger partial charge in [0.2, 0.25) is 0 Å². The van der Waals surface area contributed by atoms with Gasteiger partial charge in [-0.15, -0.1) is 0 Å². The average Bonchev–Trinajstić information content (AvgIpc) is 1.60. The zero-order valence-corrected chi connectivity index (χ0v) is 98.6. The normalized spacial score (nSPS) is 33.0. The molecule has 15 fully saturated rings. The maximum atomic E-state index is 10.9. The Balaban J connectivity index is 0.000000179. The Morgan fingerprint density at radius 2 is 0.345 bits per heavy atom. The lowest BCUT2D eigenvalue weighted by Crippen LogP contribution is -2.37. The van der Waals surface area contributed by atoms with Crippen LogP contribution in [0.4, 0.5) is 0 Å². The molecule has 840 valence electrons. The van der Waals surface area contributed by atoms with Gasteiger partial charge in [-0.25, -0.2) is 0 Å². The molecule has 20 atom stereocenters. The lowest BCUT2D eigenvalue weighted by molar-refractivity contribution is -0.137. The van der Waals surface area contributed by atoms with Crippen molar-refractivity contribution in [3.8, 4) is 0 Å². The van der Waals surface area contributed by atoms with E-state index < -0.39 is 5.97 Å². The van der Waals surface area contributed by atoms with Crippen molar-refractivity contribution in [1.29, 1.82) is 0 Å². The molecule has 0 aromatic carbocycles. The summed E-state index contributed by atoms with van der Waals surface area (Å²) in [5.41, 5.74) is 0. The monoisotopic (exact) mass is 2020 g/mol. The van der Waals surface area contributed by atoms with Gasteiger partial charge in [-0.3, -0.25) is 4.79 Å². The highest BCUT2D eigenvalue weighted by atomic mass is 16.4. The van der Waals surface area contributed by atoms with Gasteiger partial charge in [-0.05, 0) is 469 Å². The maximum absolute atomic E-state index is 10.9. The predicted molar refractivity (Wildman–Crippen MR) is 620 cm³/mol. The molecule has 7 heteroatoms. The second-order valence-corrected chi connectivity index (χ2v) is 55.9. The average molecular weight is 2020 g/mol. The smallest absolute Gasteiger partial charge is 0.303 e. The first-order valence-electron chi connectivity index (χ1n) is 67.2. The van der Waals surface area contributed by atoms with Gasteiger partial charge in [0.25, 0.3) is 0 Å². The molecule has 0 aromatic rings. The van der Waals surface area contributed by atoms with Crippen LogP contribution >= 0.6 is 0 Å². The van der Waals surface area contributed by atoms with Crippen LogP contribution in [0.2, 0.25) is 0 Å². The van der Waals surface area contributed by atoms with E-state index in [-0.39, 0.29) is 0 Å². The van der Waals surface area contributed by atoms with E-state index >= 15 is 0 Å². The Hall–Kier alpha value is -2.18. The first kappa shape index (κ1) is 125. The molecule has 0 spiro atoms. The van der Waals surface area contributed by atoms with E-state index in [0.29, 0.717) is 35.3 Å². The summed E-state index contributed by atoms with van der Waals surface area (Å²) < 4.78 is 0. The molecular weight excluding hydrogens is 1770 g/mol. The van der Waals surface area contributed by atoms with Crippen molar-refractivity contribution in [3.05, 3.63) is 0 Å². The van der Waals surface area contributed by atoms with Crippen LogP contribution in [0.15, 0.2) is 0 Å². The molecular formula is C138H246O7. The molecule has 0 saturated heterocycles. The van der Waals surface area contributed by atoms with Crippen LogP contribution < -0.4 is 0 Å². The molecule has 0 aliphatic heterocycles. The van der Waals surface area contributed by atoms with Gasteiger partial charge in [0, 0.05) is 38.5 Å². The highest BCUT2D eigenvalue weighted by molar-refractivity contribution is 5.76. The van der Waals surface area contributed by atoms with Gasteiger partial charge < -0.3 is 29.1 Å². The van der Waals surface area contributed by atoms with Crippen molar-refractivity contribution in [3.63, 3.8) is 0 Å². The summed E-state index contributed by atoms with van der Waals surface area (Å²) in [6.07, 6.45) is 126. The summed E-state index contributed by atoms with van der Waals surface area (Å²) >= 11 is 0. The van der Waals surface area contributed by atoms with Crippen molar-refractivity contribution in [1.82, 2.24) is 0 Å². The number of carboxylic acids is 1. The quantitative estimate of drug-likeness (QED) is 0.0602. The van der Waals surface area contributed by atoms with E-state index in [0.717, 1.165) is 255 Å². The van der Waals surface area contributed by atoms with Crippen molar-refractivity contribution < 1.29 is 33.9 Å². The molecule has 0 bridgehead atoms. The summed E-state index contributed by atoms with van der Waals surface area (Å²) in [4.78, 5) is 64.9. The molecule has 7 nitrogen and oxygen atoms in total. The molecule has 1 N–H and O–H groups in total. The Morgan fingerprint density at radius 1 is 0.159 bits per heavy atom. The predicted octanol–water partition coefficient (Wildman–Crippen LogP) is 42.3. The molecule has 15 aliphatic rings. The van der Waals surface area contributed by atoms with E-state index in [1.165, 1.54) is 347 Å². The van der Waals surface area contributed by atoms with E-state index in [4.69, 9.17) is 5.11 Å². The molecule has 15 rings (SSSR count). The number of unbranched alkanes of at least 4 members (excludes halogenated alkanes) is 30. The van der Waals surface area contributed by atoms with Crippen molar-refractivity contribution in [2.24, 2.45) is 178 Å². The summed E-state index contributed by atoms with van der Waals surface area (Å²) in [5, 5.41) is 8.66. The van der Waals surface area contributed by atoms with Crippen LogP contribution in [-0.4, -0.2) is 40.0 Å². The molecule has 0 radical (unpaired) electrons. The van der Waals surface area contributed by atoms with Gasteiger partial charge in [0.1, 0.15) is 28.9 Å². The SMILES string of the molecule is CCC1CC(CC2CC(CC3CC(CCCCCCCC(C)=O)C3)C2)C1.CCCCCC1CC(CC2CC(CCCCCCCC(C)=O)C2)C1.CCCCC[C@@H]1CC1C[C@H]1CC1CCCCCCCC(C)=O.CCCCC[C@@H]1CCC1C[C@H]1CCC1CCCCCCCC(C)=O.CC[C@@H]1CC1C[C@@H]1CC1C[C@H]1CC1CCCCCCCC(C)=O.CC[C@@H]1CCC1C[C@@H]1CCC1C[C@H]1CCC1CCCCCCCC(=O)O. The van der Waals surface area contributed by atoms with Crippen molar-refractivity contribution in [2.75, 3.05) is 0 Å². The third-order valence-electron chi connectivity index (χ3n) is 43.3. The zero-order valence-electron chi connectivity index (χ0n) is 98.6. The minimum atomic E-state index is -0.640. The van der Waals surface area contributed by atoms with Crippen LogP contribution in [0.5, 0.6) is 0 Å². The Morgan fingerprint density at radius 3 is 0.593 bits per heavy atom. The van der Waals surface area contributed by atoms with Gasteiger partial charge in [0.15, 0.2) is 0 Å². The molecule has 0 aromatic heterocycles. The first-order chi connectivity index (χ1) is 70.5. The number of carbonyl (C=O) groups excluding carboxylic acids is 5. The van der Waals surface area contributed by atoms with Crippen molar-refractivity contribution in [2.45, 2.75) is 660 Å². The molecule has 0 amide bonds. The van der Waals surface area contributed by atoms with Gasteiger partial charge in [-0.2, -0.15) is 0 Å². The van der Waals surface area contributed by atoms with E-state index in [9.17, 15) is 28.8 Å². The van der Waals surface area contributed by atoms with Crippen LogP contribution in [0.25, 0.3) is 0 Å². The van der Waals surface area contributed by atoms with E-state index in [1.807, 2.05) is 0 Å². The zero-order chi connectivity index (χ0) is 103. The fourth-order valence-corrected chi connectivity index (χ4v) is 31.7. The summed E-state index contributed by atoms with van der Waals surface area (Å²) in [7, 11) is 0. The lowest BCUT2D eigenvalue weighted by Gasteiger charge is -2.48. The minimum Gasteiger partial charge on any atom is -0.481 e. The molecule has 145 heavy (non-hydrogen) atoms. The number of carbonyl (C=O) groups is 6. The van der Waals surface area contributed by atoms with Gasteiger partial charge >= 0.3 is 5.97 Å². The maximum Gasteiger partial charge on any atom is 0.303 e. The number of aliphatic carboxylic acids is 1. The van der Waals surface area contributed by atoms with Crippen LogP contribution in [0.1, 0.15) is 660 Å². The molecule has 10 unspecified atom stereocenters. The Bertz CT molecular complexity index is 3350. The van der Waals surface area contributed by atoms with Gasteiger partial charge in [-0.1, -0.05) is 330 Å². The van der Waals surface area contributed by atoms with Gasteiger partial charge in [0.05, 0.1) is 0 Å². The fourth-order valence-electron chi connectivity index (χ4n) is 31.7. The number of ketones is 5. The van der Waals surface area contributed by atoms with Crippen LogP contribution in [0, 0.1) is 178 Å². The highest BCUT2D eigenvalue weighted by Crippen LogP contribution is 2.61. The molecule has 15 saturated carbocycles. The number of hydrogen-bond acceptors (Lipinski definition) is 6. The number of carboxylic acid groups (broad SMARTS) is 1. The lowest BCUT2D eigenvalue weighted by atomic mass is 9.58. The summed E-state index contributed by atoms with van der Waals surface area (Å²) in [6.45, 7) is 22.6. The summed E-state index contributed by atoms with van der Waals surface area (Å²) in [5.74, 6) is 34.0. The number of Topliss-reactive ketones (excluding diaryl/α,β-unsaturated/α-hetero) is 5. The van der Waals surface area contributed by atoms with Crippen molar-refractivity contribution >= 4 is 34.9 Å². The van der Waals surface area contributed by atoms with Crippen LogP contribution in [0.3, 0.4) is 0 Å². The Labute approximate surface area is 900 Å². The topological polar surface area (TPSA) is 123 Å². The third-order valence-corrected chi connectivity index (χ3v) is 43.3. The highest BCUT2D eigenvalue weighted by Gasteiger charge is 2.50. The van der Waals surface area contributed by atoms with Crippen LogP contribution in [-0.2, 0) is 28.8 Å². The largest absolute Gasteiger partial charge is 0.481 e. The standard InChI is InChI=1S/C25H44O.C24H42O2.2C23H42O.C22H38O.C21H38O/c1-3-20-11-22(12-20)15-24-17-25(18-24)16-23-13-21(14-23)10-8-6-4-5-7-9-19(2)26;1-2-18-10-12-20(18)16-22-14-15-23(22)17-21-13-11-19(21)8-6-4-3-5-7-9-24(25)26;1-3-4-8-12-20-14-22(15-20)18-23-16-21(17-23)13-10-7-5-6-9-11-19(2)24;1-3-4-8-12-20-14-16-22(20)18-23-17-15-21(23)13-10-7-5-6-9-11-19(2)24;1-3-17-11-19(17)13-21-15-22(21)14-20-12-18(20)10-8-6-4-5-7-9-16(2)23;1-3-4-8-12-18-14-20(18)16-21-15-19(21)13-10-7-5-6-9-11-17(2)22/h20-25H,3-18H2,1-2H3;18-23H,2-17H2,1H3,(H,25,26);2*20-23H,3-18H2,1-2H3;17-22H,3-15H2,1-2H3;18-21H,3-16H2,1-2H3/t;18-,19?,20?,21-,22+,23?;;20-,21?,22?,23-;17-,18?,19?,20-,21-,22?;18-,19?,20?,21-/m.1.111/s1. The second-order valence-electron chi connectivity index (χ2n) is 55.9. The Kier molecular flexibility index (Phi) is 62.4.